The number of amides is 1. The van der Waals surface area contributed by atoms with Crippen LogP contribution >= 0.6 is 0 Å². The Morgan fingerprint density at radius 2 is 1.81 bits per heavy atom. The highest BCUT2D eigenvalue weighted by molar-refractivity contribution is 5.93. The van der Waals surface area contributed by atoms with Crippen molar-refractivity contribution in [1.29, 1.82) is 0 Å². The Balaban J connectivity index is 1.73. The van der Waals surface area contributed by atoms with Gasteiger partial charge in [-0.15, -0.1) is 5.10 Å². The van der Waals surface area contributed by atoms with Gasteiger partial charge < -0.3 is 5.32 Å². The smallest absolute Gasteiger partial charge is 0.273 e. The summed E-state index contributed by atoms with van der Waals surface area (Å²) in [5.41, 5.74) is 5.33. The predicted molar refractivity (Wildman–Crippen MR) is 103 cm³/mol. The third-order valence-corrected chi connectivity index (χ3v) is 4.50. The van der Waals surface area contributed by atoms with E-state index in [4.69, 9.17) is 0 Å². The minimum atomic E-state index is -0.193. The van der Waals surface area contributed by atoms with Crippen molar-refractivity contribution in [3.05, 3.63) is 76.6 Å². The van der Waals surface area contributed by atoms with Gasteiger partial charge in [0.1, 0.15) is 0 Å². The Hall–Kier alpha value is -2.95. The fourth-order valence-electron chi connectivity index (χ4n) is 2.96. The maximum absolute atomic E-state index is 12.6. The SMILES string of the molecule is Cc1ccc(-n2nc(C)c(C(=O)NC[C@@H](C)c3ccccc3)n2)c(C)c1. The van der Waals surface area contributed by atoms with Crippen LogP contribution in [0.2, 0.25) is 0 Å². The topological polar surface area (TPSA) is 59.8 Å². The molecule has 0 saturated carbocycles. The molecule has 0 spiro atoms. The molecule has 2 aromatic carbocycles. The number of nitrogens with zero attached hydrogens (tertiary/aromatic N) is 3. The van der Waals surface area contributed by atoms with Crippen molar-refractivity contribution in [3.63, 3.8) is 0 Å². The molecule has 134 valence electrons. The Labute approximate surface area is 154 Å². The van der Waals surface area contributed by atoms with E-state index in [9.17, 15) is 4.79 Å². The number of aryl methyl sites for hydroxylation is 3. The molecule has 0 saturated heterocycles. The molecule has 1 atom stereocenters. The van der Waals surface area contributed by atoms with Crippen molar-refractivity contribution >= 4 is 5.91 Å². The van der Waals surface area contributed by atoms with Crippen LogP contribution < -0.4 is 5.32 Å². The second kappa shape index (κ2) is 7.52. The average molecular weight is 348 g/mol. The number of nitrogens with one attached hydrogen (secondary N) is 1. The third-order valence-electron chi connectivity index (χ3n) is 4.50. The second-order valence-electron chi connectivity index (χ2n) is 6.74. The fraction of sp³-hybridized carbons (Fsp3) is 0.286. The Kier molecular flexibility index (Phi) is 5.16. The van der Waals surface area contributed by atoms with E-state index in [0.717, 1.165) is 11.3 Å². The lowest BCUT2D eigenvalue weighted by Gasteiger charge is -2.12. The third kappa shape index (κ3) is 3.82. The molecule has 0 aliphatic heterocycles. The van der Waals surface area contributed by atoms with Crippen LogP contribution in [0, 0.1) is 20.8 Å². The van der Waals surface area contributed by atoms with Crippen LogP contribution in [0.4, 0.5) is 0 Å². The largest absolute Gasteiger partial charge is 0.350 e. The summed E-state index contributed by atoms with van der Waals surface area (Å²) in [6.45, 7) is 8.52. The number of hydrogen-bond donors (Lipinski definition) is 1. The fourth-order valence-corrected chi connectivity index (χ4v) is 2.96. The monoisotopic (exact) mass is 348 g/mol. The quantitative estimate of drug-likeness (QED) is 0.764. The molecule has 1 amide bonds. The molecule has 5 nitrogen and oxygen atoms in total. The Morgan fingerprint density at radius 1 is 1.08 bits per heavy atom. The molecule has 3 aromatic rings. The standard InChI is InChI=1S/C21H24N4O/c1-14-10-11-19(15(2)12-14)25-23-17(4)20(24-25)21(26)22-13-16(3)18-8-6-5-7-9-18/h5-12,16H,13H2,1-4H3,(H,22,26)/t16-/m1/s1. The number of carbonyl (C=O) groups is 1. The zero-order valence-corrected chi connectivity index (χ0v) is 15.7. The minimum absolute atomic E-state index is 0.193. The van der Waals surface area contributed by atoms with E-state index in [1.807, 2.05) is 51.1 Å². The molecule has 0 aliphatic rings. The van der Waals surface area contributed by atoms with E-state index in [1.54, 1.807) is 4.80 Å². The molecule has 0 fully saturated rings. The molecule has 0 radical (unpaired) electrons. The molecule has 3 rings (SSSR count). The van der Waals surface area contributed by atoms with Gasteiger partial charge in [0.15, 0.2) is 5.69 Å². The lowest BCUT2D eigenvalue weighted by Crippen LogP contribution is -2.28. The highest BCUT2D eigenvalue weighted by atomic mass is 16.2. The number of hydrogen-bond acceptors (Lipinski definition) is 3. The van der Waals surface area contributed by atoms with Gasteiger partial charge in [0.25, 0.3) is 5.91 Å². The van der Waals surface area contributed by atoms with E-state index in [-0.39, 0.29) is 11.8 Å². The van der Waals surface area contributed by atoms with Gasteiger partial charge >= 0.3 is 0 Å². The van der Waals surface area contributed by atoms with Crippen LogP contribution in [0.1, 0.15) is 45.7 Å². The number of rotatable bonds is 5. The first-order valence-electron chi connectivity index (χ1n) is 8.80. The van der Waals surface area contributed by atoms with E-state index in [2.05, 4.69) is 40.6 Å². The van der Waals surface area contributed by atoms with Gasteiger partial charge in [0.2, 0.25) is 0 Å². The molecule has 0 unspecified atom stereocenters. The zero-order chi connectivity index (χ0) is 18.7. The van der Waals surface area contributed by atoms with Gasteiger partial charge in [-0.05, 0) is 43.9 Å². The van der Waals surface area contributed by atoms with Crippen LogP contribution in [-0.2, 0) is 0 Å². The molecule has 1 aromatic heterocycles. The van der Waals surface area contributed by atoms with Crippen LogP contribution in [0.15, 0.2) is 48.5 Å². The zero-order valence-electron chi connectivity index (χ0n) is 15.7. The van der Waals surface area contributed by atoms with Crippen LogP contribution in [0.25, 0.3) is 5.69 Å². The van der Waals surface area contributed by atoms with Crippen molar-refractivity contribution in [2.24, 2.45) is 0 Å². The minimum Gasteiger partial charge on any atom is -0.350 e. The van der Waals surface area contributed by atoms with Crippen molar-refractivity contribution in [1.82, 2.24) is 20.3 Å². The molecule has 0 aliphatic carbocycles. The van der Waals surface area contributed by atoms with Gasteiger partial charge in [-0.3, -0.25) is 4.79 Å². The second-order valence-corrected chi connectivity index (χ2v) is 6.74. The number of carbonyl (C=O) groups excluding carboxylic acids is 1. The van der Waals surface area contributed by atoms with Gasteiger partial charge in [-0.1, -0.05) is 55.0 Å². The first-order valence-corrected chi connectivity index (χ1v) is 8.80. The molecular weight excluding hydrogens is 324 g/mol. The van der Waals surface area contributed by atoms with Crippen molar-refractivity contribution in [2.45, 2.75) is 33.6 Å². The molecule has 1 heterocycles. The Bertz CT molecular complexity index is 915. The maximum Gasteiger partial charge on any atom is 0.273 e. The lowest BCUT2D eigenvalue weighted by atomic mass is 10.0. The molecular formula is C21H24N4O. The van der Waals surface area contributed by atoms with Crippen molar-refractivity contribution in [3.8, 4) is 5.69 Å². The van der Waals surface area contributed by atoms with E-state index in [0.29, 0.717) is 17.9 Å². The van der Waals surface area contributed by atoms with Crippen molar-refractivity contribution < 1.29 is 4.79 Å². The molecule has 1 N–H and O–H groups in total. The van der Waals surface area contributed by atoms with Crippen LogP contribution in [0.3, 0.4) is 0 Å². The summed E-state index contributed by atoms with van der Waals surface area (Å²) >= 11 is 0. The van der Waals surface area contributed by atoms with E-state index in [1.165, 1.54) is 11.1 Å². The van der Waals surface area contributed by atoms with Crippen molar-refractivity contribution in [2.75, 3.05) is 6.54 Å². The summed E-state index contributed by atoms with van der Waals surface area (Å²) in [4.78, 5) is 14.1. The predicted octanol–water partition coefficient (Wildman–Crippen LogP) is 3.73. The normalized spacial score (nSPS) is 12.0. The molecule has 26 heavy (non-hydrogen) atoms. The summed E-state index contributed by atoms with van der Waals surface area (Å²) in [5, 5.41) is 11.8. The van der Waals surface area contributed by atoms with Gasteiger partial charge in [-0.2, -0.15) is 9.90 Å². The highest BCUT2D eigenvalue weighted by Gasteiger charge is 2.18. The van der Waals surface area contributed by atoms with Gasteiger partial charge in [0.05, 0.1) is 11.4 Å². The highest BCUT2D eigenvalue weighted by Crippen LogP contribution is 2.16. The summed E-state index contributed by atoms with van der Waals surface area (Å²) in [6, 6.07) is 16.2. The van der Waals surface area contributed by atoms with E-state index < -0.39 is 0 Å². The molecule has 0 bridgehead atoms. The van der Waals surface area contributed by atoms with Crippen LogP contribution in [0.5, 0.6) is 0 Å². The number of benzene rings is 2. The molecule has 5 heteroatoms. The summed E-state index contributed by atoms with van der Waals surface area (Å²) in [6.07, 6.45) is 0. The Morgan fingerprint density at radius 3 is 2.50 bits per heavy atom. The lowest BCUT2D eigenvalue weighted by molar-refractivity contribution is 0.0945. The van der Waals surface area contributed by atoms with E-state index >= 15 is 0 Å². The summed E-state index contributed by atoms with van der Waals surface area (Å²) in [5.74, 6) is 0.0381. The maximum atomic E-state index is 12.6. The van der Waals surface area contributed by atoms with Gasteiger partial charge in [0, 0.05) is 6.54 Å². The summed E-state index contributed by atoms with van der Waals surface area (Å²) in [7, 11) is 0. The first kappa shape index (κ1) is 17.9. The van der Waals surface area contributed by atoms with Gasteiger partial charge in [-0.25, -0.2) is 0 Å². The average Bonchev–Trinajstić information content (AvgIpc) is 3.01. The van der Waals surface area contributed by atoms with Crippen LogP contribution in [-0.4, -0.2) is 27.4 Å². The summed E-state index contributed by atoms with van der Waals surface area (Å²) < 4.78 is 0. The first-order chi connectivity index (χ1) is 12.5. The number of aromatic nitrogens is 3.